The lowest BCUT2D eigenvalue weighted by atomic mass is 10.0. The molecule has 0 aromatic heterocycles. The highest BCUT2D eigenvalue weighted by molar-refractivity contribution is 6.13. The molecule has 1 heterocycles. The third-order valence-electron chi connectivity index (χ3n) is 4.56. The number of para-hydroxylation sites is 1. The van der Waals surface area contributed by atoms with E-state index in [4.69, 9.17) is 4.74 Å². The zero-order chi connectivity index (χ0) is 15.6. The molecule has 2 aliphatic rings. The molecule has 1 N–H and O–H groups in total. The van der Waals surface area contributed by atoms with E-state index in [1.54, 1.807) is 11.9 Å². The first-order chi connectivity index (χ1) is 10.6. The van der Waals surface area contributed by atoms with Crippen LogP contribution in [0.2, 0.25) is 0 Å². The molecule has 1 unspecified atom stereocenters. The van der Waals surface area contributed by atoms with E-state index in [1.807, 2.05) is 30.3 Å². The monoisotopic (exact) mass is 302 g/mol. The van der Waals surface area contributed by atoms with Crippen LogP contribution in [0.15, 0.2) is 30.3 Å². The van der Waals surface area contributed by atoms with Gasteiger partial charge in [-0.15, -0.1) is 0 Å². The molecule has 1 aromatic rings. The average Bonchev–Trinajstić information content (AvgIpc) is 3.21. The molecule has 0 bridgehead atoms. The molecule has 2 fully saturated rings. The van der Waals surface area contributed by atoms with Gasteiger partial charge in [0.15, 0.2) is 0 Å². The fourth-order valence-corrected chi connectivity index (χ4v) is 2.93. The van der Waals surface area contributed by atoms with Gasteiger partial charge >= 0.3 is 0 Å². The van der Waals surface area contributed by atoms with Crippen LogP contribution in [0.5, 0.6) is 0 Å². The number of benzene rings is 1. The molecule has 5 heteroatoms. The number of anilines is 1. The van der Waals surface area contributed by atoms with Gasteiger partial charge in [0.2, 0.25) is 11.8 Å². The van der Waals surface area contributed by atoms with Gasteiger partial charge in [0, 0.05) is 25.9 Å². The molecular formula is C17H22N2O3. The van der Waals surface area contributed by atoms with Crippen LogP contribution in [0.4, 0.5) is 5.69 Å². The highest BCUT2D eigenvalue weighted by Crippen LogP contribution is 2.47. The standard InChI is InChI=1S/C17H22N2O3/c1-19(13-6-3-2-4-7-13)16(21)17(9-10-17)15(20)18-12-14-8-5-11-22-14/h2-4,6-7,14H,5,8-12H2,1H3,(H,18,20). The summed E-state index contributed by atoms with van der Waals surface area (Å²) in [5.74, 6) is -0.278. The van der Waals surface area contributed by atoms with Gasteiger partial charge in [-0.2, -0.15) is 0 Å². The minimum atomic E-state index is -0.872. The molecule has 22 heavy (non-hydrogen) atoms. The number of rotatable bonds is 5. The Balaban J connectivity index is 1.62. The first kappa shape index (κ1) is 15.0. The van der Waals surface area contributed by atoms with Crippen LogP contribution >= 0.6 is 0 Å². The topological polar surface area (TPSA) is 58.6 Å². The largest absolute Gasteiger partial charge is 0.376 e. The second kappa shape index (κ2) is 6.08. The molecule has 1 aliphatic carbocycles. The molecule has 1 aliphatic heterocycles. The zero-order valence-corrected chi connectivity index (χ0v) is 12.9. The molecule has 0 spiro atoms. The van der Waals surface area contributed by atoms with E-state index in [-0.39, 0.29) is 17.9 Å². The number of ether oxygens (including phenoxy) is 1. The Morgan fingerprint density at radius 2 is 2.05 bits per heavy atom. The van der Waals surface area contributed by atoms with E-state index < -0.39 is 5.41 Å². The van der Waals surface area contributed by atoms with Crippen molar-refractivity contribution in [3.63, 3.8) is 0 Å². The van der Waals surface area contributed by atoms with Crippen molar-refractivity contribution in [2.45, 2.75) is 31.8 Å². The summed E-state index contributed by atoms with van der Waals surface area (Å²) in [6.07, 6.45) is 3.37. The van der Waals surface area contributed by atoms with Gasteiger partial charge in [-0.25, -0.2) is 0 Å². The molecule has 0 radical (unpaired) electrons. The number of carbonyl (C=O) groups is 2. The summed E-state index contributed by atoms with van der Waals surface area (Å²) >= 11 is 0. The second-order valence-corrected chi connectivity index (χ2v) is 6.13. The number of nitrogens with zero attached hydrogens (tertiary/aromatic N) is 1. The summed E-state index contributed by atoms with van der Waals surface area (Å²) in [4.78, 5) is 26.7. The number of nitrogens with one attached hydrogen (secondary N) is 1. The minimum absolute atomic E-state index is 0.0988. The van der Waals surface area contributed by atoms with Crippen LogP contribution in [0, 0.1) is 5.41 Å². The van der Waals surface area contributed by atoms with Gasteiger partial charge in [0.25, 0.3) is 0 Å². The molecule has 1 atom stereocenters. The molecule has 1 aromatic carbocycles. The van der Waals surface area contributed by atoms with Crippen LogP contribution in [-0.2, 0) is 14.3 Å². The van der Waals surface area contributed by atoms with Crippen LogP contribution in [0.25, 0.3) is 0 Å². The molecule has 3 rings (SSSR count). The lowest BCUT2D eigenvalue weighted by molar-refractivity contribution is -0.135. The van der Waals surface area contributed by atoms with Gasteiger partial charge in [-0.05, 0) is 37.8 Å². The quantitative estimate of drug-likeness (QED) is 0.843. The summed E-state index contributed by atoms with van der Waals surface area (Å²) in [7, 11) is 1.73. The highest BCUT2D eigenvalue weighted by Gasteiger charge is 2.57. The number of hydrogen-bond acceptors (Lipinski definition) is 3. The molecule has 2 amide bonds. The van der Waals surface area contributed by atoms with Gasteiger partial charge < -0.3 is 15.0 Å². The first-order valence-corrected chi connectivity index (χ1v) is 7.86. The van der Waals surface area contributed by atoms with Crippen LogP contribution in [-0.4, -0.2) is 38.1 Å². The summed E-state index contributed by atoms with van der Waals surface area (Å²) < 4.78 is 5.50. The fraction of sp³-hybridized carbons (Fsp3) is 0.529. The maximum absolute atomic E-state index is 12.7. The molecule has 5 nitrogen and oxygen atoms in total. The summed E-state index contributed by atoms with van der Waals surface area (Å²) in [6, 6.07) is 9.42. The van der Waals surface area contributed by atoms with Gasteiger partial charge in [0.05, 0.1) is 6.10 Å². The Hall–Kier alpha value is -1.88. The van der Waals surface area contributed by atoms with Gasteiger partial charge in [0.1, 0.15) is 5.41 Å². The Morgan fingerprint density at radius 1 is 1.32 bits per heavy atom. The first-order valence-electron chi connectivity index (χ1n) is 7.86. The van der Waals surface area contributed by atoms with E-state index in [2.05, 4.69) is 5.32 Å². The Morgan fingerprint density at radius 3 is 2.64 bits per heavy atom. The molecular weight excluding hydrogens is 280 g/mol. The van der Waals surface area contributed by atoms with Crippen molar-refractivity contribution in [2.24, 2.45) is 5.41 Å². The van der Waals surface area contributed by atoms with E-state index in [0.717, 1.165) is 25.1 Å². The number of carbonyl (C=O) groups excluding carboxylic acids is 2. The smallest absolute Gasteiger partial charge is 0.242 e. The summed E-state index contributed by atoms with van der Waals surface area (Å²) in [5.41, 5.74) is -0.0610. The van der Waals surface area contributed by atoms with Gasteiger partial charge in [-0.3, -0.25) is 9.59 Å². The lowest BCUT2D eigenvalue weighted by Gasteiger charge is -2.23. The maximum Gasteiger partial charge on any atom is 0.242 e. The van der Waals surface area contributed by atoms with Crippen molar-refractivity contribution in [3.8, 4) is 0 Å². The van der Waals surface area contributed by atoms with Crippen LogP contribution < -0.4 is 10.2 Å². The van der Waals surface area contributed by atoms with E-state index in [1.165, 1.54) is 0 Å². The normalized spacial score (nSPS) is 22.1. The third kappa shape index (κ3) is 2.86. The maximum atomic E-state index is 12.7. The summed E-state index contributed by atoms with van der Waals surface area (Å²) in [5, 5.41) is 2.90. The highest BCUT2D eigenvalue weighted by atomic mass is 16.5. The third-order valence-corrected chi connectivity index (χ3v) is 4.56. The minimum Gasteiger partial charge on any atom is -0.376 e. The predicted octanol–water partition coefficient (Wildman–Crippen LogP) is 1.72. The molecule has 1 saturated carbocycles. The number of hydrogen-bond donors (Lipinski definition) is 1. The van der Waals surface area contributed by atoms with Crippen molar-refractivity contribution >= 4 is 17.5 Å². The van der Waals surface area contributed by atoms with Crippen molar-refractivity contribution in [1.82, 2.24) is 5.32 Å². The fourth-order valence-electron chi connectivity index (χ4n) is 2.93. The molecule has 118 valence electrons. The van der Waals surface area contributed by atoms with Crippen molar-refractivity contribution in [3.05, 3.63) is 30.3 Å². The molecule has 1 saturated heterocycles. The predicted molar refractivity (Wildman–Crippen MR) is 83.5 cm³/mol. The lowest BCUT2D eigenvalue weighted by Crippen LogP contribution is -2.45. The second-order valence-electron chi connectivity index (χ2n) is 6.13. The van der Waals surface area contributed by atoms with Crippen molar-refractivity contribution < 1.29 is 14.3 Å². The van der Waals surface area contributed by atoms with Crippen molar-refractivity contribution in [1.29, 1.82) is 0 Å². The SMILES string of the molecule is CN(C(=O)C1(C(=O)NCC2CCCO2)CC1)c1ccccc1. The zero-order valence-electron chi connectivity index (χ0n) is 12.9. The van der Waals surface area contributed by atoms with Crippen LogP contribution in [0.1, 0.15) is 25.7 Å². The van der Waals surface area contributed by atoms with E-state index in [0.29, 0.717) is 19.4 Å². The average molecular weight is 302 g/mol. The Kier molecular flexibility index (Phi) is 4.16. The Bertz CT molecular complexity index is 548. The van der Waals surface area contributed by atoms with Crippen LogP contribution in [0.3, 0.4) is 0 Å². The summed E-state index contributed by atoms with van der Waals surface area (Å²) in [6.45, 7) is 1.27. The van der Waals surface area contributed by atoms with E-state index >= 15 is 0 Å². The van der Waals surface area contributed by atoms with Gasteiger partial charge in [-0.1, -0.05) is 18.2 Å². The Labute approximate surface area is 130 Å². The van der Waals surface area contributed by atoms with Crippen molar-refractivity contribution in [2.75, 3.05) is 25.1 Å². The number of amides is 2. The van der Waals surface area contributed by atoms with E-state index in [9.17, 15) is 9.59 Å².